The molecule has 0 spiro atoms. The number of halogens is 5. The van der Waals surface area contributed by atoms with E-state index in [2.05, 4.69) is 0 Å². The second-order valence-corrected chi connectivity index (χ2v) is 7.30. The summed E-state index contributed by atoms with van der Waals surface area (Å²) in [5.41, 5.74) is -4.32. The Morgan fingerprint density at radius 3 is 2.29 bits per heavy atom. The van der Waals surface area contributed by atoms with E-state index in [0.717, 1.165) is 38.2 Å². The lowest BCUT2D eigenvalue weighted by atomic mass is 9.88. The van der Waals surface area contributed by atoms with Gasteiger partial charge in [0.25, 0.3) is 0 Å². The predicted octanol–water partition coefficient (Wildman–Crippen LogP) is 6.67. The van der Waals surface area contributed by atoms with Gasteiger partial charge in [0.05, 0.1) is 10.5 Å². The summed E-state index contributed by atoms with van der Waals surface area (Å²) in [6.07, 6.45) is 4.72. The van der Waals surface area contributed by atoms with Crippen LogP contribution in [-0.2, 0) is 5.51 Å². The Balaban J connectivity index is 0.00000161. The first-order chi connectivity index (χ1) is 9.47. The first kappa shape index (κ1) is 16.6. The van der Waals surface area contributed by atoms with Crippen LogP contribution in [0.3, 0.4) is 0 Å². The Morgan fingerprint density at radius 2 is 1.67 bits per heavy atom. The topological polar surface area (TPSA) is 0 Å². The molecule has 0 amide bonds. The molecule has 0 radical (unpaired) electrons. The largest absolute Gasteiger partial charge is 0.600 e. The summed E-state index contributed by atoms with van der Waals surface area (Å²) < 4.78 is 53.7. The van der Waals surface area contributed by atoms with Gasteiger partial charge in [-0.3, -0.25) is 0 Å². The van der Waals surface area contributed by atoms with Gasteiger partial charge in [0.2, 0.25) is 0 Å². The van der Waals surface area contributed by atoms with Crippen molar-refractivity contribution in [3.05, 3.63) is 35.0 Å². The SMILES string of the molecule is Cl.Fc1ccc2cc(C3CCCCC3)[s+](C(F)(F)F)c2c1. The summed E-state index contributed by atoms with van der Waals surface area (Å²) >= 11 is 0. The van der Waals surface area contributed by atoms with E-state index in [1.54, 1.807) is 6.07 Å². The summed E-state index contributed by atoms with van der Waals surface area (Å²) in [4.78, 5) is 0.470. The number of rotatable bonds is 1. The van der Waals surface area contributed by atoms with Crippen molar-refractivity contribution < 1.29 is 17.6 Å². The Morgan fingerprint density at radius 1 is 1.00 bits per heavy atom. The summed E-state index contributed by atoms with van der Waals surface area (Å²) in [6, 6.07) is 5.41. The summed E-state index contributed by atoms with van der Waals surface area (Å²) in [5.74, 6) is -0.590. The molecule has 1 saturated carbocycles. The van der Waals surface area contributed by atoms with E-state index in [1.165, 1.54) is 12.1 Å². The van der Waals surface area contributed by atoms with Gasteiger partial charge in [0, 0.05) is 23.4 Å². The molecule has 0 saturated heterocycles. The zero-order valence-corrected chi connectivity index (χ0v) is 12.9. The molecular weight excluding hydrogens is 324 g/mol. The predicted molar refractivity (Wildman–Crippen MR) is 80.8 cm³/mol. The molecule has 0 N–H and O–H groups in total. The molecule has 1 aromatic heterocycles. The van der Waals surface area contributed by atoms with Crippen LogP contribution in [0.15, 0.2) is 24.3 Å². The van der Waals surface area contributed by atoms with E-state index in [4.69, 9.17) is 0 Å². The highest BCUT2D eigenvalue weighted by atomic mass is 35.5. The van der Waals surface area contributed by atoms with Gasteiger partial charge in [0.15, 0.2) is 9.58 Å². The molecule has 116 valence electrons. The fourth-order valence-corrected chi connectivity index (χ4v) is 5.25. The third-order valence-electron chi connectivity index (χ3n) is 3.97. The molecular formula is C15H16ClF4S+. The van der Waals surface area contributed by atoms with E-state index in [1.807, 2.05) is 0 Å². The Labute approximate surface area is 129 Å². The summed E-state index contributed by atoms with van der Waals surface area (Å²) in [5, 5.41) is 0.535. The standard InChI is InChI=1S/C15H15F4S.ClH/c16-12-7-6-11-8-13(10-4-2-1-3-5-10)20(14(11)9-12)15(17,18)19;/h6-10H,1-5H2;1H/q+1;. The molecule has 1 aliphatic rings. The van der Waals surface area contributed by atoms with Crippen molar-refractivity contribution in [2.45, 2.75) is 43.5 Å². The molecule has 1 aliphatic carbocycles. The maximum absolute atomic E-state index is 13.4. The van der Waals surface area contributed by atoms with Crippen LogP contribution in [0.25, 0.3) is 10.1 Å². The molecule has 1 atom stereocenters. The molecule has 6 heteroatoms. The number of hydrogen-bond acceptors (Lipinski definition) is 0. The van der Waals surface area contributed by atoms with Crippen LogP contribution in [0.5, 0.6) is 0 Å². The fourth-order valence-electron chi connectivity index (χ4n) is 3.07. The van der Waals surface area contributed by atoms with Crippen LogP contribution in [0.2, 0.25) is 0 Å². The van der Waals surface area contributed by atoms with E-state index in [0.29, 0.717) is 10.3 Å². The van der Waals surface area contributed by atoms with E-state index in [9.17, 15) is 17.6 Å². The minimum absolute atomic E-state index is 0. The average molecular weight is 340 g/mol. The monoisotopic (exact) mass is 339 g/mol. The maximum Gasteiger partial charge on any atom is 0.600 e. The zero-order chi connectivity index (χ0) is 14.3. The normalized spacial score (nSPS) is 17.8. The van der Waals surface area contributed by atoms with Crippen molar-refractivity contribution in [2.24, 2.45) is 0 Å². The number of benzene rings is 1. The van der Waals surface area contributed by atoms with Crippen LogP contribution in [-0.4, -0.2) is 0 Å². The Bertz CT molecular complexity index is 626. The summed E-state index contributed by atoms with van der Waals surface area (Å²) in [6.45, 7) is 0. The molecule has 1 heterocycles. The van der Waals surface area contributed by atoms with Crippen LogP contribution >= 0.6 is 22.9 Å². The van der Waals surface area contributed by atoms with Crippen molar-refractivity contribution >= 4 is 33.0 Å². The van der Waals surface area contributed by atoms with Gasteiger partial charge in [-0.1, -0.05) is 19.3 Å². The van der Waals surface area contributed by atoms with E-state index >= 15 is 0 Å². The Kier molecular flexibility index (Phi) is 4.83. The minimum atomic E-state index is -4.32. The molecule has 1 fully saturated rings. The molecule has 21 heavy (non-hydrogen) atoms. The number of alkyl halides is 3. The zero-order valence-electron chi connectivity index (χ0n) is 11.3. The van der Waals surface area contributed by atoms with Gasteiger partial charge in [0.1, 0.15) is 5.82 Å². The average Bonchev–Trinajstić information content (AvgIpc) is 2.78. The van der Waals surface area contributed by atoms with Gasteiger partial charge in [-0.05, 0) is 25.0 Å². The van der Waals surface area contributed by atoms with Crippen LogP contribution in [0.1, 0.15) is 42.9 Å². The van der Waals surface area contributed by atoms with Gasteiger partial charge in [-0.15, -0.1) is 25.6 Å². The second-order valence-electron chi connectivity index (χ2n) is 5.32. The van der Waals surface area contributed by atoms with Crippen molar-refractivity contribution in [3.8, 4) is 0 Å². The number of hydrogen-bond donors (Lipinski definition) is 0. The van der Waals surface area contributed by atoms with Crippen molar-refractivity contribution in [3.63, 3.8) is 0 Å². The van der Waals surface area contributed by atoms with Gasteiger partial charge < -0.3 is 0 Å². The molecule has 1 unspecified atom stereocenters. The van der Waals surface area contributed by atoms with E-state index in [-0.39, 0.29) is 23.0 Å². The van der Waals surface area contributed by atoms with Crippen LogP contribution in [0, 0.1) is 5.82 Å². The summed E-state index contributed by atoms with van der Waals surface area (Å²) in [7, 11) is -1.94. The highest BCUT2D eigenvalue weighted by Crippen LogP contribution is 2.55. The highest BCUT2D eigenvalue weighted by Gasteiger charge is 2.49. The van der Waals surface area contributed by atoms with E-state index < -0.39 is 21.8 Å². The quantitative estimate of drug-likeness (QED) is 0.402. The third-order valence-corrected chi connectivity index (χ3v) is 6.15. The lowest BCUT2D eigenvalue weighted by Crippen LogP contribution is -2.06. The fraction of sp³-hybridized carbons (Fsp3) is 0.467. The molecule has 0 aliphatic heterocycles. The van der Waals surface area contributed by atoms with Gasteiger partial charge in [-0.25, -0.2) is 4.39 Å². The first-order valence-corrected chi connectivity index (χ1v) is 8.01. The van der Waals surface area contributed by atoms with Crippen molar-refractivity contribution in [2.75, 3.05) is 0 Å². The van der Waals surface area contributed by atoms with Crippen molar-refractivity contribution in [1.82, 2.24) is 0 Å². The lowest BCUT2D eigenvalue weighted by molar-refractivity contribution is -0.0868. The second kappa shape index (κ2) is 6.13. The molecule has 3 rings (SSSR count). The smallest absolute Gasteiger partial charge is 0.207 e. The third kappa shape index (κ3) is 3.19. The first-order valence-electron chi connectivity index (χ1n) is 6.79. The molecule has 0 bridgehead atoms. The number of fused-ring (bicyclic) bond motifs is 1. The molecule has 0 nitrogen and oxygen atoms in total. The molecule has 2 aromatic rings. The van der Waals surface area contributed by atoms with Gasteiger partial charge >= 0.3 is 5.51 Å². The minimum Gasteiger partial charge on any atom is -0.207 e. The highest BCUT2D eigenvalue weighted by molar-refractivity contribution is 7.38. The Hall–Kier alpha value is -0.810. The lowest BCUT2D eigenvalue weighted by Gasteiger charge is -2.18. The van der Waals surface area contributed by atoms with Gasteiger partial charge in [-0.2, -0.15) is 0 Å². The molecule has 1 aromatic carbocycles. The van der Waals surface area contributed by atoms with Crippen molar-refractivity contribution in [1.29, 1.82) is 0 Å². The maximum atomic E-state index is 13.4. The number of thiophene rings is 1. The van der Waals surface area contributed by atoms with Crippen LogP contribution < -0.4 is 0 Å². The van der Waals surface area contributed by atoms with Crippen LogP contribution in [0.4, 0.5) is 17.6 Å².